The van der Waals surface area contributed by atoms with Gasteiger partial charge in [-0.25, -0.2) is 4.39 Å². The fraction of sp³-hybridized carbons (Fsp3) is 0.611. The molecular weight excluding hydrogens is 295 g/mol. The lowest BCUT2D eigenvalue weighted by atomic mass is 9.90. The summed E-state index contributed by atoms with van der Waals surface area (Å²) in [5, 5.41) is 16.8. The lowest BCUT2D eigenvalue weighted by Gasteiger charge is -2.32. The molecule has 4 nitrogen and oxygen atoms in total. The zero-order valence-corrected chi connectivity index (χ0v) is 13.9. The van der Waals surface area contributed by atoms with E-state index in [2.05, 4.69) is 17.6 Å². The van der Waals surface area contributed by atoms with E-state index in [0.717, 1.165) is 31.2 Å². The molecule has 3 N–H and O–H groups in total. The Labute approximate surface area is 137 Å². The second-order valence-corrected chi connectivity index (χ2v) is 6.62. The van der Waals surface area contributed by atoms with Crippen LogP contribution in [0.2, 0.25) is 0 Å². The molecule has 23 heavy (non-hydrogen) atoms. The number of rotatable bonds is 6. The van der Waals surface area contributed by atoms with E-state index in [9.17, 15) is 14.3 Å². The number of hydrogen-bond donors (Lipinski definition) is 3. The third kappa shape index (κ3) is 5.92. The van der Waals surface area contributed by atoms with Crippen molar-refractivity contribution in [1.29, 1.82) is 0 Å². The van der Waals surface area contributed by atoms with Crippen molar-refractivity contribution in [3.8, 4) is 0 Å². The average Bonchev–Trinajstić information content (AvgIpc) is 2.49. The fourth-order valence-electron chi connectivity index (χ4n) is 3.32. The van der Waals surface area contributed by atoms with E-state index in [4.69, 9.17) is 0 Å². The van der Waals surface area contributed by atoms with E-state index in [1.165, 1.54) is 12.1 Å². The maximum absolute atomic E-state index is 12.9. The van der Waals surface area contributed by atoms with Crippen molar-refractivity contribution in [2.24, 2.45) is 0 Å². The molecule has 0 aliphatic heterocycles. The number of benzene rings is 1. The minimum Gasteiger partial charge on any atom is -0.388 e. The number of halogens is 1. The monoisotopic (exact) mass is 322 g/mol. The van der Waals surface area contributed by atoms with E-state index < -0.39 is 6.10 Å². The van der Waals surface area contributed by atoms with Gasteiger partial charge in [0.2, 0.25) is 5.91 Å². The third-order valence-corrected chi connectivity index (χ3v) is 4.49. The average molecular weight is 322 g/mol. The van der Waals surface area contributed by atoms with Crippen LogP contribution in [-0.2, 0) is 4.79 Å². The molecule has 5 heteroatoms. The van der Waals surface area contributed by atoms with Gasteiger partial charge >= 0.3 is 0 Å². The predicted octanol–water partition coefficient (Wildman–Crippen LogP) is 2.67. The molecule has 0 spiro atoms. The minimum absolute atomic E-state index is 0.0391. The van der Waals surface area contributed by atoms with Crippen molar-refractivity contribution in [2.45, 2.75) is 70.2 Å². The highest BCUT2D eigenvalue weighted by molar-refractivity contribution is 5.73. The molecule has 1 aromatic carbocycles. The van der Waals surface area contributed by atoms with Gasteiger partial charge in [-0.2, -0.15) is 0 Å². The molecule has 2 atom stereocenters. The summed E-state index contributed by atoms with van der Waals surface area (Å²) in [6.45, 7) is 3.62. The molecule has 1 fully saturated rings. The van der Waals surface area contributed by atoms with Crippen molar-refractivity contribution in [3.63, 3.8) is 0 Å². The highest BCUT2D eigenvalue weighted by atomic mass is 19.1. The molecule has 0 aromatic heterocycles. The first kappa shape index (κ1) is 17.9. The molecule has 1 amide bonds. The molecule has 1 saturated carbocycles. The summed E-state index contributed by atoms with van der Waals surface area (Å²) in [4.78, 5) is 11.1. The van der Waals surface area contributed by atoms with Crippen LogP contribution >= 0.6 is 0 Å². The SMILES string of the molecule is CC(=O)NC1CCC(N[C@H](C)C[C@@H](O)c2ccc(F)cc2)CC1. The Bertz CT molecular complexity index is 498. The Morgan fingerprint density at radius 3 is 2.35 bits per heavy atom. The van der Waals surface area contributed by atoms with Crippen LogP contribution in [-0.4, -0.2) is 29.1 Å². The topological polar surface area (TPSA) is 61.4 Å². The second kappa shape index (κ2) is 8.41. The summed E-state index contributed by atoms with van der Waals surface area (Å²) < 4.78 is 12.9. The smallest absolute Gasteiger partial charge is 0.217 e. The summed E-state index contributed by atoms with van der Waals surface area (Å²) in [6, 6.07) is 6.91. The number of nitrogens with one attached hydrogen (secondary N) is 2. The second-order valence-electron chi connectivity index (χ2n) is 6.62. The molecule has 1 aliphatic carbocycles. The van der Waals surface area contributed by atoms with Crippen molar-refractivity contribution >= 4 is 5.91 Å². The summed E-state index contributed by atoms with van der Waals surface area (Å²) in [5.41, 5.74) is 0.745. The van der Waals surface area contributed by atoms with Crippen LogP contribution in [0.5, 0.6) is 0 Å². The van der Waals surface area contributed by atoms with Crippen LogP contribution < -0.4 is 10.6 Å². The molecule has 0 saturated heterocycles. The van der Waals surface area contributed by atoms with Gasteiger partial charge in [-0.05, 0) is 56.7 Å². The van der Waals surface area contributed by atoms with Gasteiger partial charge in [0.15, 0.2) is 0 Å². The predicted molar refractivity (Wildman–Crippen MR) is 88.4 cm³/mol. The zero-order valence-electron chi connectivity index (χ0n) is 13.9. The first-order valence-corrected chi connectivity index (χ1v) is 8.40. The summed E-state index contributed by atoms with van der Waals surface area (Å²) in [7, 11) is 0. The van der Waals surface area contributed by atoms with Gasteiger partial charge in [0.25, 0.3) is 0 Å². The van der Waals surface area contributed by atoms with Gasteiger partial charge in [0, 0.05) is 25.0 Å². The van der Waals surface area contributed by atoms with Crippen molar-refractivity contribution in [1.82, 2.24) is 10.6 Å². The van der Waals surface area contributed by atoms with Crippen LogP contribution in [0.25, 0.3) is 0 Å². The first-order chi connectivity index (χ1) is 10.9. The maximum atomic E-state index is 12.9. The van der Waals surface area contributed by atoms with Gasteiger partial charge in [0.1, 0.15) is 5.82 Å². The van der Waals surface area contributed by atoms with Gasteiger partial charge < -0.3 is 15.7 Å². The van der Waals surface area contributed by atoms with Crippen molar-refractivity contribution in [2.75, 3.05) is 0 Å². The van der Waals surface area contributed by atoms with Crippen LogP contribution in [0.3, 0.4) is 0 Å². The normalized spacial score (nSPS) is 24.0. The lowest BCUT2D eigenvalue weighted by molar-refractivity contribution is -0.119. The lowest BCUT2D eigenvalue weighted by Crippen LogP contribution is -2.44. The Balaban J connectivity index is 1.73. The summed E-state index contributed by atoms with van der Waals surface area (Å²) in [5.74, 6) is -0.250. The van der Waals surface area contributed by atoms with Gasteiger partial charge in [-0.15, -0.1) is 0 Å². The van der Waals surface area contributed by atoms with Gasteiger partial charge in [0.05, 0.1) is 6.10 Å². The highest BCUT2D eigenvalue weighted by Crippen LogP contribution is 2.22. The number of amides is 1. The summed E-state index contributed by atoms with van der Waals surface area (Å²) >= 11 is 0. The fourth-order valence-corrected chi connectivity index (χ4v) is 3.32. The van der Waals surface area contributed by atoms with Crippen molar-refractivity contribution < 1.29 is 14.3 Å². The Kier molecular flexibility index (Phi) is 6.54. The minimum atomic E-state index is -0.589. The standard InChI is InChI=1S/C18H27FN2O2/c1-12(11-18(23)14-3-5-15(19)6-4-14)20-16-7-9-17(10-8-16)21-13(2)22/h3-6,12,16-18,20,23H,7-11H2,1-2H3,(H,21,22)/t12-,16?,17?,18-/m1/s1. The number of carbonyl (C=O) groups is 1. The molecule has 1 aliphatic rings. The van der Waals surface area contributed by atoms with E-state index in [0.29, 0.717) is 18.5 Å². The molecule has 128 valence electrons. The molecule has 1 aromatic rings. The number of aliphatic hydroxyl groups is 1. The van der Waals surface area contributed by atoms with E-state index >= 15 is 0 Å². The molecular formula is C18H27FN2O2. The Morgan fingerprint density at radius 2 is 1.78 bits per heavy atom. The van der Waals surface area contributed by atoms with Crippen molar-refractivity contribution in [3.05, 3.63) is 35.6 Å². The Hall–Kier alpha value is -1.46. The van der Waals surface area contributed by atoms with Crippen LogP contribution in [0.4, 0.5) is 4.39 Å². The molecule has 0 bridgehead atoms. The van der Waals surface area contributed by atoms with E-state index in [1.54, 1.807) is 19.1 Å². The third-order valence-electron chi connectivity index (χ3n) is 4.49. The largest absolute Gasteiger partial charge is 0.388 e. The Morgan fingerprint density at radius 1 is 1.22 bits per heavy atom. The molecule has 0 radical (unpaired) electrons. The molecule has 2 rings (SSSR count). The van der Waals surface area contributed by atoms with Crippen LogP contribution in [0.1, 0.15) is 57.6 Å². The summed E-state index contributed by atoms with van der Waals surface area (Å²) in [6.07, 6.45) is 4.05. The van der Waals surface area contributed by atoms with Crippen LogP contribution in [0.15, 0.2) is 24.3 Å². The number of carbonyl (C=O) groups excluding carboxylic acids is 1. The quantitative estimate of drug-likeness (QED) is 0.754. The van der Waals surface area contributed by atoms with Gasteiger partial charge in [-0.3, -0.25) is 4.79 Å². The maximum Gasteiger partial charge on any atom is 0.217 e. The highest BCUT2D eigenvalue weighted by Gasteiger charge is 2.23. The van der Waals surface area contributed by atoms with E-state index in [-0.39, 0.29) is 17.8 Å². The number of aliphatic hydroxyl groups excluding tert-OH is 1. The zero-order chi connectivity index (χ0) is 16.8. The molecule has 0 unspecified atom stereocenters. The van der Waals surface area contributed by atoms with Gasteiger partial charge in [-0.1, -0.05) is 12.1 Å². The van der Waals surface area contributed by atoms with E-state index in [1.807, 2.05) is 0 Å². The first-order valence-electron chi connectivity index (χ1n) is 8.40. The van der Waals surface area contributed by atoms with Crippen LogP contribution in [0, 0.1) is 5.82 Å². The number of hydrogen-bond acceptors (Lipinski definition) is 3. The molecule has 0 heterocycles.